The number of furan rings is 1. The van der Waals surface area contributed by atoms with Gasteiger partial charge in [0.15, 0.2) is 0 Å². The Kier molecular flexibility index (Phi) is 6.19. The monoisotopic (exact) mass is 496 g/mol. The first kappa shape index (κ1) is 23.8. The van der Waals surface area contributed by atoms with E-state index >= 15 is 0 Å². The van der Waals surface area contributed by atoms with Crippen LogP contribution in [0, 0.1) is 20.8 Å². The molecule has 2 N–H and O–H groups in total. The predicted molar refractivity (Wildman–Crippen MR) is 139 cm³/mol. The second-order valence-electron chi connectivity index (χ2n) is 8.54. The Morgan fingerprint density at radius 2 is 1.51 bits per heavy atom. The molecule has 186 valence electrons. The molecule has 0 bridgehead atoms. The molecule has 0 fully saturated rings. The Balaban J connectivity index is 1.37. The summed E-state index contributed by atoms with van der Waals surface area (Å²) in [5, 5.41) is 10.2. The SMILES string of the molecule is COc1ccc(NC(=O)c2ccc(NC(=O)c3cc(-c4cc(C)oc4C)nc4onc(C)c34)cc2)cc1. The first-order valence-electron chi connectivity index (χ1n) is 11.5. The molecule has 0 atom stereocenters. The minimum Gasteiger partial charge on any atom is -0.497 e. The Bertz CT molecular complexity index is 1620. The van der Waals surface area contributed by atoms with Gasteiger partial charge in [-0.2, -0.15) is 0 Å². The van der Waals surface area contributed by atoms with Crippen LogP contribution < -0.4 is 15.4 Å². The van der Waals surface area contributed by atoms with Gasteiger partial charge in [0.2, 0.25) is 0 Å². The molecule has 37 heavy (non-hydrogen) atoms. The molecule has 0 radical (unpaired) electrons. The highest BCUT2D eigenvalue weighted by atomic mass is 16.5. The van der Waals surface area contributed by atoms with Crippen LogP contribution in [0.2, 0.25) is 0 Å². The molecule has 5 aromatic rings. The number of fused-ring (bicyclic) bond motifs is 1. The van der Waals surface area contributed by atoms with Crippen LogP contribution in [0.5, 0.6) is 5.75 Å². The van der Waals surface area contributed by atoms with E-state index in [-0.39, 0.29) is 17.5 Å². The highest BCUT2D eigenvalue weighted by Crippen LogP contribution is 2.31. The molecule has 0 saturated heterocycles. The van der Waals surface area contributed by atoms with Gasteiger partial charge >= 0.3 is 0 Å². The van der Waals surface area contributed by atoms with Crippen LogP contribution in [0.25, 0.3) is 22.4 Å². The summed E-state index contributed by atoms with van der Waals surface area (Å²) in [6.07, 6.45) is 0. The maximum absolute atomic E-state index is 13.3. The Labute approximate surface area is 212 Å². The van der Waals surface area contributed by atoms with E-state index < -0.39 is 0 Å². The van der Waals surface area contributed by atoms with Crippen molar-refractivity contribution in [3.8, 4) is 17.0 Å². The second-order valence-corrected chi connectivity index (χ2v) is 8.54. The Morgan fingerprint density at radius 3 is 2.14 bits per heavy atom. The van der Waals surface area contributed by atoms with Gasteiger partial charge in [0.1, 0.15) is 17.3 Å². The highest BCUT2D eigenvalue weighted by Gasteiger charge is 2.21. The normalized spacial score (nSPS) is 10.9. The standard InChI is InChI=1S/C28H24N4O5/c1-15-13-22(17(3)36-15)24-14-23(25-16(2)32-37-28(25)31-24)27(34)30-19-7-5-18(6-8-19)26(33)29-20-9-11-21(35-4)12-10-20/h5-14H,1-4H3,(H,29,33)(H,30,34). The Hall–Kier alpha value is -4.92. The van der Waals surface area contributed by atoms with Crippen LogP contribution in [0.1, 0.15) is 37.9 Å². The van der Waals surface area contributed by atoms with Crippen LogP contribution in [0.15, 0.2) is 69.6 Å². The number of anilines is 2. The van der Waals surface area contributed by atoms with Crippen molar-refractivity contribution in [1.82, 2.24) is 10.1 Å². The molecule has 9 heteroatoms. The number of carbonyl (C=O) groups is 2. The lowest BCUT2D eigenvalue weighted by atomic mass is 10.1. The molecule has 3 aromatic heterocycles. The van der Waals surface area contributed by atoms with E-state index in [0.717, 1.165) is 11.3 Å². The molecule has 0 aliphatic heterocycles. The summed E-state index contributed by atoms with van der Waals surface area (Å²) in [6, 6.07) is 17.2. The van der Waals surface area contributed by atoms with E-state index in [1.54, 1.807) is 68.6 Å². The summed E-state index contributed by atoms with van der Waals surface area (Å²) in [5.41, 5.74) is 4.15. The van der Waals surface area contributed by atoms with Crippen LogP contribution >= 0.6 is 0 Å². The van der Waals surface area contributed by atoms with E-state index in [9.17, 15) is 9.59 Å². The van der Waals surface area contributed by atoms with Crippen molar-refractivity contribution in [1.29, 1.82) is 0 Å². The number of benzene rings is 2. The molecule has 0 aliphatic carbocycles. The number of ether oxygens (including phenoxy) is 1. The molecule has 2 aromatic carbocycles. The number of nitrogens with one attached hydrogen (secondary N) is 2. The number of aromatic nitrogens is 2. The number of aryl methyl sites for hydroxylation is 3. The number of pyridine rings is 1. The van der Waals surface area contributed by atoms with Crippen LogP contribution in [0.3, 0.4) is 0 Å². The van der Waals surface area contributed by atoms with Crippen molar-refractivity contribution in [2.45, 2.75) is 20.8 Å². The molecule has 3 heterocycles. The van der Waals surface area contributed by atoms with Gasteiger partial charge < -0.3 is 24.3 Å². The summed E-state index contributed by atoms with van der Waals surface area (Å²) in [5.74, 6) is 1.51. The summed E-state index contributed by atoms with van der Waals surface area (Å²) < 4.78 is 16.1. The number of hydrogen-bond donors (Lipinski definition) is 2. The number of hydrogen-bond acceptors (Lipinski definition) is 7. The third kappa shape index (κ3) is 4.79. The summed E-state index contributed by atoms with van der Waals surface area (Å²) >= 11 is 0. The van der Waals surface area contributed by atoms with Gasteiger partial charge in [-0.05, 0) is 81.4 Å². The highest BCUT2D eigenvalue weighted by molar-refractivity contribution is 6.13. The lowest BCUT2D eigenvalue weighted by Gasteiger charge is -2.09. The summed E-state index contributed by atoms with van der Waals surface area (Å²) in [7, 11) is 1.58. The smallest absolute Gasteiger partial charge is 0.259 e. The van der Waals surface area contributed by atoms with Crippen LogP contribution in [0.4, 0.5) is 11.4 Å². The minimum atomic E-state index is -0.353. The number of methoxy groups -OCH3 is 1. The molecule has 2 amide bonds. The van der Waals surface area contributed by atoms with Gasteiger partial charge in [0, 0.05) is 22.5 Å². The largest absolute Gasteiger partial charge is 0.497 e. The van der Waals surface area contributed by atoms with Crippen molar-refractivity contribution in [3.05, 3.63) is 89.0 Å². The van der Waals surface area contributed by atoms with E-state index in [4.69, 9.17) is 13.7 Å². The topological polar surface area (TPSA) is 119 Å². The molecule has 0 unspecified atom stereocenters. The maximum Gasteiger partial charge on any atom is 0.259 e. The quantitative estimate of drug-likeness (QED) is 0.299. The lowest BCUT2D eigenvalue weighted by Crippen LogP contribution is -2.14. The fraction of sp³-hybridized carbons (Fsp3) is 0.143. The van der Waals surface area contributed by atoms with Crippen LogP contribution in [-0.4, -0.2) is 29.1 Å². The molecule has 9 nitrogen and oxygen atoms in total. The molecular weight excluding hydrogens is 472 g/mol. The van der Waals surface area contributed by atoms with E-state index in [1.165, 1.54) is 0 Å². The predicted octanol–water partition coefficient (Wildman–Crippen LogP) is 5.92. The van der Waals surface area contributed by atoms with Gasteiger partial charge in [0.25, 0.3) is 17.5 Å². The maximum atomic E-state index is 13.3. The average Bonchev–Trinajstić information content (AvgIpc) is 3.44. The van der Waals surface area contributed by atoms with Gasteiger partial charge in [-0.1, -0.05) is 5.16 Å². The molecule has 0 spiro atoms. The van der Waals surface area contributed by atoms with Gasteiger partial charge in [0.05, 0.1) is 29.4 Å². The Morgan fingerprint density at radius 1 is 0.865 bits per heavy atom. The van der Waals surface area contributed by atoms with Crippen molar-refractivity contribution in [2.24, 2.45) is 0 Å². The van der Waals surface area contributed by atoms with E-state index in [1.807, 2.05) is 19.9 Å². The number of rotatable bonds is 6. The van der Waals surface area contributed by atoms with Crippen molar-refractivity contribution in [3.63, 3.8) is 0 Å². The first-order chi connectivity index (χ1) is 17.8. The number of carbonyl (C=O) groups excluding carboxylic acids is 2. The van der Waals surface area contributed by atoms with E-state index in [2.05, 4.69) is 20.8 Å². The van der Waals surface area contributed by atoms with Gasteiger partial charge in [-0.3, -0.25) is 9.59 Å². The van der Waals surface area contributed by atoms with Crippen molar-refractivity contribution >= 4 is 34.3 Å². The molecule has 5 rings (SSSR count). The second kappa shape index (κ2) is 9.62. The molecule has 0 aliphatic rings. The third-order valence-corrected chi connectivity index (χ3v) is 5.93. The lowest BCUT2D eigenvalue weighted by molar-refractivity contribution is 0.102. The zero-order valence-corrected chi connectivity index (χ0v) is 20.7. The number of amides is 2. The molecule has 0 saturated carbocycles. The summed E-state index contributed by atoms with van der Waals surface area (Å²) in [6.45, 7) is 5.45. The summed E-state index contributed by atoms with van der Waals surface area (Å²) in [4.78, 5) is 30.5. The minimum absolute atomic E-state index is 0.268. The van der Waals surface area contributed by atoms with E-state index in [0.29, 0.717) is 50.8 Å². The fourth-order valence-corrected chi connectivity index (χ4v) is 4.08. The average molecular weight is 497 g/mol. The third-order valence-electron chi connectivity index (χ3n) is 5.93. The van der Waals surface area contributed by atoms with Gasteiger partial charge in [-0.15, -0.1) is 0 Å². The van der Waals surface area contributed by atoms with Crippen molar-refractivity contribution in [2.75, 3.05) is 17.7 Å². The molecular formula is C28H24N4O5. The zero-order chi connectivity index (χ0) is 26.1. The van der Waals surface area contributed by atoms with Gasteiger partial charge in [-0.25, -0.2) is 4.98 Å². The fourth-order valence-electron chi connectivity index (χ4n) is 4.08. The zero-order valence-electron chi connectivity index (χ0n) is 20.7. The van der Waals surface area contributed by atoms with Crippen molar-refractivity contribution < 1.29 is 23.3 Å². The van der Waals surface area contributed by atoms with Crippen LogP contribution in [-0.2, 0) is 0 Å². The number of nitrogens with zero attached hydrogens (tertiary/aromatic N) is 2. The first-order valence-corrected chi connectivity index (χ1v) is 11.5.